The molecule has 1 aliphatic rings. The number of guanidine groups is 1. The largest absolute Gasteiger partial charge is 0.369 e. The summed E-state index contributed by atoms with van der Waals surface area (Å²) in [5.74, 6) is 0.661. The molecular weight excluding hydrogens is 353 g/mol. The van der Waals surface area contributed by atoms with Gasteiger partial charge < -0.3 is 15.5 Å². The van der Waals surface area contributed by atoms with E-state index < -0.39 is 0 Å². The van der Waals surface area contributed by atoms with Crippen LogP contribution in [0.1, 0.15) is 30.9 Å². The third-order valence-corrected chi connectivity index (χ3v) is 5.07. The molecule has 1 saturated heterocycles. The molecule has 0 aliphatic carbocycles. The minimum atomic E-state index is -0.186. The Morgan fingerprint density at radius 1 is 1.36 bits per heavy atom. The molecule has 5 nitrogen and oxygen atoms in total. The van der Waals surface area contributed by atoms with Crippen LogP contribution in [-0.2, 0) is 6.42 Å². The number of nitrogens with zero attached hydrogens (tertiary/aromatic N) is 3. The van der Waals surface area contributed by atoms with E-state index in [9.17, 15) is 4.39 Å². The fourth-order valence-electron chi connectivity index (χ4n) is 3.59. The monoisotopic (exact) mass is 383 g/mol. The third kappa shape index (κ3) is 5.68. The standard InChI is InChI=1S/C22H30FN5/c1-3-25-22(26-12-10-18-9-11-24-15-17(18)2)27-20-7-5-13-28(16-20)21-8-4-6-19(23)14-21/h4,6,8-9,11,14-15,20H,3,5,7,10,12-13,16H2,1-2H3,(H2,25,26,27). The van der Waals surface area contributed by atoms with Crippen molar-refractivity contribution in [3.8, 4) is 0 Å². The maximum absolute atomic E-state index is 13.6. The van der Waals surface area contributed by atoms with Gasteiger partial charge in [0.15, 0.2) is 5.96 Å². The van der Waals surface area contributed by atoms with E-state index in [-0.39, 0.29) is 11.9 Å². The molecule has 0 radical (unpaired) electrons. The molecule has 0 saturated carbocycles. The highest BCUT2D eigenvalue weighted by Gasteiger charge is 2.21. The number of hydrogen-bond acceptors (Lipinski definition) is 3. The number of anilines is 1. The van der Waals surface area contributed by atoms with Gasteiger partial charge in [-0.1, -0.05) is 6.07 Å². The van der Waals surface area contributed by atoms with E-state index in [1.54, 1.807) is 12.1 Å². The van der Waals surface area contributed by atoms with E-state index >= 15 is 0 Å². The minimum Gasteiger partial charge on any atom is -0.369 e. The fraction of sp³-hybridized carbons (Fsp3) is 0.455. The normalized spacial score (nSPS) is 17.5. The van der Waals surface area contributed by atoms with Gasteiger partial charge in [0, 0.05) is 50.3 Å². The lowest BCUT2D eigenvalue weighted by atomic mass is 10.0. The number of benzene rings is 1. The second-order valence-corrected chi connectivity index (χ2v) is 7.22. The Bertz CT molecular complexity index is 792. The van der Waals surface area contributed by atoms with Crippen LogP contribution in [0.4, 0.5) is 10.1 Å². The molecule has 0 spiro atoms. The molecule has 28 heavy (non-hydrogen) atoms. The van der Waals surface area contributed by atoms with Gasteiger partial charge in [0.2, 0.25) is 0 Å². The van der Waals surface area contributed by atoms with Crippen molar-refractivity contribution >= 4 is 11.6 Å². The Labute approximate surface area is 167 Å². The molecule has 1 aromatic heterocycles. The lowest BCUT2D eigenvalue weighted by Crippen LogP contribution is -2.51. The van der Waals surface area contributed by atoms with Gasteiger partial charge in [-0.05, 0) is 68.5 Å². The number of hydrogen-bond donors (Lipinski definition) is 2. The lowest BCUT2D eigenvalue weighted by molar-refractivity contribution is 0.467. The molecule has 1 atom stereocenters. The molecule has 3 rings (SSSR count). The number of aromatic nitrogens is 1. The average Bonchev–Trinajstić information content (AvgIpc) is 2.70. The van der Waals surface area contributed by atoms with E-state index in [1.807, 2.05) is 18.5 Å². The highest BCUT2D eigenvalue weighted by Crippen LogP contribution is 2.20. The number of pyridine rings is 1. The maximum Gasteiger partial charge on any atom is 0.191 e. The second-order valence-electron chi connectivity index (χ2n) is 7.22. The van der Waals surface area contributed by atoms with Crippen molar-refractivity contribution in [2.24, 2.45) is 4.99 Å². The highest BCUT2D eigenvalue weighted by molar-refractivity contribution is 5.80. The highest BCUT2D eigenvalue weighted by atomic mass is 19.1. The van der Waals surface area contributed by atoms with E-state index in [1.165, 1.54) is 17.2 Å². The van der Waals surface area contributed by atoms with E-state index in [4.69, 9.17) is 4.99 Å². The summed E-state index contributed by atoms with van der Waals surface area (Å²) >= 11 is 0. The van der Waals surface area contributed by atoms with Crippen molar-refractivity contribution in [3.05, 3.63) is 59.7 Å². The summed E-state index contributed by atoms with van der Waals surface area (Å²) in [5.41, 5.74) is 3.43. The van der Waals surface area contributed by atoms with Crippen molar-refractivity contribution in [2.75, 3.05) is 31.1 Å². The molecule has 6 heteroatoms. The van der Waals surface area contributed by atoms with E-state index in [2.05, 4.69) is 40.4 Å². The first-order valence-corrected chi connectivity index (χ1v) is 10.1. The number of aryl methyl sites for hydroxylation is 1. The maximum atomic E-state index is 13.6. The first kappa shape index (κ1) is 20.1. The first-order chi connectivity index (χ1) is 13.7. The average molecular weight is 384 g/mol. The van der Waals surface area contributed by atoms with Crippen LogP contribution in [-0.4, -0.2) is 43.2 Å². The van der Waals surface area contributed by atoms with Crippen LogP contribution < -0.4 is 15.5 Å². The summed E-state index contributed by atoms with van der Waals surface area (Å²) in [7, 11) is 0. The predicted octanol–water partition coefficient (Wildman–Crippen LogP) is 3.30. The van der Waals surface area contributed by atoms with Crippen LogP contribution in [0.5, 0.6) is 0 Å². The zero-order valence-electron chi connectivity index (χ0n) is 16.8. The Hall–Kier alpha value is -2.63. The summed E-state index contributed by atoms with van der Waals surface area (Å²) < 4.78 is 13.6. The van der Waals surface area contributed by atoms with Crippen molar-refractivity contribution in [3.63, 3.8) is 0 Å². The Balaban J connectivity index is 1.59. The molecule has 0 bridgehead atoms. The van der Waals surface area contributed by atoms with Crippen molar-refractivity contribution in [1.82, 2.24) is 15.6 Å². The van der Waals surface area contributed by atoms with Gasteiger partial charge in [0.1, 0.15) is 5.82 Å². The number of halogens is 1. The smallest absolute Gasteiger partial charge is 0.191 e. The lowest BCUT2D eigenvalue weighted by Gasteiger charge is -2.35. The molecule has 2 aromatic rings. The zero-order chi connectivity index (χ0) is 19.8. The van der Waals surface area contributed by atoms with Crippen LogP contribution in [0.15, 0.2) is 47.7 Å². The van der Waals surface area contributed by atoms with Gasteiger partial charge in [-0.3, -0.25) is 9.98 Å². The predicted molar refractivity (Wildman–Crippen MR) is 113 cm³/mol. The van der Waals surface area contributed by atoms with E-state index in [0.717, 1.165) is 57.1 Å². The molecule has 0 amide bonds. The van der Waals surface area contributed by atoms with Gasteiger partial charge in [-0.15, -0.1) is 0 Å². The molecule has 2 heterocycles. The topological polar surface area (TPSA) is 52.6 Å². The Morgan fingerprint density at radius 3 is 3.04 bits per heavy atom. The van der Waals surface area contributed by atoms with Gasteiger partial charge in [-0.25, -0.2) is 4.39 Å². The van der Waals surface area contributed by atoms with Gasteiger partial charge in [0.25, 0.3) is 0 Å². The summed E-state index contributed by atoms with van der Waals surface area (Å²) in [6, 6.07) is 9.19. The van der Waals surface area contributed by atoms with E-state index in [0.29, 0.717) is 0 Å². The van der Waals surface area contributed by atoms with Crippen LogP contribution in [0.2, 0.25) is 0 Å². The van der Waals surface area contributed by atoms with Crippen LogP contribution in [0, 0.1) is 12.7 Å². The van der Waals surface area contributed by atoms with Crippen LogP contribution in [0.3, 0.4) is 0 Å². The Morgan fingerprint density at radius 2 is 2.25 bits per heavy atom. The second kappa shape index (κ2) is 10.1. The third-order valence-electron chi connectivity index (χ3n) is 5.07. The van der Waals surface area contributed by atoms with Crippen molar-refractivity contribution in [2.45, 2.75) is 39.2 Å². The SMILES string of the molecule is CCNC(=NCCc1ccncc1C)NC1CCCN(c2cccc(F)c2)C1. The van der Waals surface area contributed by atoms with Crippen molar-refractivity contribution in [1.29, 1.82) is 0 Å². The van der Waals surface area contributed by atoms with Gasteiger partial charge in [-0.2, -0.15) is 0 Å². The molecule has 1 aliphatic heterocycles. The summed E-state index contributed by atoms with van der Waals surface area (Å²) in [6.07, 6.45) is 6.78. The number of rotatable bonds is 6. The minimum absolute atomic E-state index is 0.186. The first-order valence-electron chi connectivity index (χ1n) is 10.1. The summed E-state index contributed by atoms with van der Waals surface area (Å²) in [4.78, 5) is 11.1. The quantitative estimate of drug-likeness (QED) is 0.594. The van der Waals surface area contributed by atoms with Gasteiger partial charge >= 0.3 is 0 Å². The molecular formula is C22H30FN5. The number of piperidine rings is 1. The number of aliphatic imine (C=N–C) groups is 1. The summed E-state index contributed by atoms with van der Waals surface area (Å²) in [6.45, 7) is 7.50. The zero-order valence-corrected chi connectivity index (χ0v) is 16.8. The van der Waals surface area contributed by atoms with Crippen molar-refractivity contribution < 1.29 is 4.39 Å². The molecule has 2 N–H and O–H groups in total. The van der Waals surface area contributed by atoms with Gasteiger partial charge in [0.05, 0.1) is 0 Å². The molecule has 1 unspecified atom stereocenters. The molecule has 150 valence electrons. The van der Waals surface area contributed by atoms with Crippen LogP contribution in [0.25, 0.3) is 0 Å². The van der Waals surface area contributed by atoms with Crippen LogP contribution >= 0.6 is 0 Å². The number of nitrogens with one attached hydrogen (secondary N) is 2. The molecule has 1 aromatic carbocycles. The Kier molecular flexibility index (Phi) is 7.23. The fourth-order valence-corrected chi connectivity index (χ4v) is 3.59. The summed E-state index contributed by atoms with van der Waals surface area (Å²) in [5, 5.41) is 6.91. The molecule has 1 fully saturated rings.